The van der Waals surface area contributed by atoms with E-state index in [1.165, 1.54) is 25.9 Å². The zero-order valence-electron chi connectivity index (χ0n) is 10.3. The lowest BCUT2D eigenvalue weighted by atomic mass is 10.3. The number of likely N-dealkylation sites (tertiary alicyclic amines) is 1. The van der Waals surface area contributed by atoms with E-state index in [-0.39, 0.29) is 0 Å². The van der Waals surface area contributed by atoms with Crippen molar-refractivity contribution in [2.24, 2.45) is 0 Å². The third-order valence-corrected chi connectivity index (χ3v) is 4.07. The summed E-state index contributed by atoms with van der Waals surface area (Å²) >= 11 is 3.50. The van der Waals surface area contributed by atoms with Gasteiger partial charge in [0.05, 0.1) is 11.0 Å². The fourth-order valence-electron chi connectivity index (χ4n) is 2.60. The van der Waals surface area contributed by atoms with Crippen molar-refractivity contribution in [1.82, 2.24) is 14.5 Å². The Morgan fingerprint density at radius 1 is 1.22 bits per heavy atom. The van der Waals surface area contributed by atoms with Crippen LogP contribution in [-0.4, -0.2) is 34.1 Å². The summed E-state index contributed by atoms with van der Waals surface area (Å²) in [7, 11) is 0. The molecule has 1 aromatic heterocycles. The monoisotopic (exact) mass is 308 g/mol. The quantitative estimate of drug-likeness (QED) is 0.947. The Hall–Kier alpha value is -1.07. The van der Waals surface area contributed by atoms with E-state index in [2.05, 4.69) is 36.4 Å². The number of aromatic nitrogens is 2. The summed E-state index contributed by atoms with van der Waals surface area (Å²) in [5, 5.41) is 0. The molecule has 96 valence electrons. The fourth-order valence-corrected chi connectivity index (χ4v) is 2.95. The van der Waals surface area contributed by atoms with Gasteiger partial charge in [0.1, 0.15) is 0 Å². The topological polar surface area (TPSA) is 47.1 Å². The van der Waals surface area contributed by atoms with Crippen molar-refractivity contribution in [2.45, 2.75) is 19.4 Å². The van der Waals surface area contributed by atoms with Crippen molar-refractivity contribution in [3.63, 3.8) is 0 Å². The van der Waals surface area contributed by atoms with Crippen LogP contribution in [0.5, 0.6) is 0 Å². The van der Waals surface area contributed by atoms with Gasteiger partial charge in [0.15, 0.2) is 0 Å². The number of fused-ring (bicyclic) bond motifs is 1. The second-order valence-electron chi connectivity index (χ2n) is 4.80. The van der Waals surface area contributed by atoms with Crippen molar-refractivity contribution < 1.29 is 0 Å². The Morgan fingerprint density at radius 2 is 2.00 bits per heavy atom. The number of benzene rings is 1. The van der Waals surface area contributed by atoms with Crippen LogP contribution in [0.2, 0.25) is 0 Å². The average Bonchev–Trinajstić information content (AvgIpc) is 2.94. The molecule has 0 aliphatic carbocycles. The number of rotatable bonds is 3. The minimum absolute atomic E-state index is 0.613. The average molecular weight is 309 g/mol. The van der Waals surface area contributed by atoms with E-state index < -0.39 is 0 Å². The van der Waals surface area contributed by atoms with E-state index in [0.717, 1.165) is 28.6 Å². The zero-order valence-corrected chi connectivity index (χ0v) is 11.9. The van der Waals surface area contributed by atoms with Crippen molar-refractivity contribution in [3.8, 4) is 0 Å². The fraction of sp³-hybridized carbons (Fsp3) is 0.462. The molecule has 1 saturated heterocycles. The molecule has 1 aliphatic heterocycles. The molecule has 1 aromatic carbocycles. The minimum atomic E-state index is 0.613. The van der Waals surface area contributed by atoms with Gasteiger partial charge < -0.3 is 15.2 Å². The summed E-state index contributed by atoms with van der Waals surface area (Å²) in [5.74, 6) is 0.613. The molecule has 0 atom stereocenters. The summed E-state index contributed by atoms with van der Waals surface area (Å²) in [5.41, 5.74) is 8.09. The summed E-state index contributed by atoms with van der Waals surface area (Å²) in [4.78, 5) is 6.89. The van der Waals surface area contributed by atoms with E-state index in [0.29, 0.717) is 5.95 Å². The summed E-state index contributed by atoms with van der Waals surface area (Å²) in [6.07, 6.45) is 2.65. The molecule has 0 saturated carbocycles. The number of imidazole rings is 1. The predicted octanol–water partition coefficient (Wildman–Crippen LogP) is 2.48. The van der Waals surface area contributed by atoms with Gasteiger partial charge in [-0.15, -0.1) is 0 Å². The van der Waals surface area contributed by atoms with Crippen LogP contribution in [0.1, 0.15) is 12.8 Å². The molecule has 0 unspecified atom stereocenters. The van der Waals surface area contributed by atoms with E-state index in [1.54, 1.807) is 0 Å². The molecule has 5 heteroatoms. The summed E-state index contributed by atoms with van der Waals surface area (Å²) < 4.78 is 3.18. The molecular weight excluding hydrogens is 292 g/mol. The van der Waals surface area contributed by atoms with E-state index in [9.17, 15) is 0 Å². The number of anilines is 1. The highest BCUT2D eigenvalue weighted by molar-refractivity contribution is 9.10. The molecular formula is C13H17BrN4. The molecule has 18 heavy (non-hydrogen) atoms. The van der Waals surface area contributed by atoms with E-state index in [1.807, 2.05) is 12.1 Å². The Labute approximate surface area is 115 Å². The van der Waals surface area contributed by atoms with Crippen LogP contribution >= 0.6 is 15.9 Å². The van der Waals surface area contributed by atoms with Gasteiger partial charge in [0, 0.05) is 17.6 Å². The van der Waals surface area contributed by atoms with E-state index >= 15 is 0 Å². The van der Waals surface area contributed by atoms with Crippen LogP contribution in [0.4, 0.5) is 5.95 Å². The van der Waals surface area contributed by atoms with E-state index in [4.69, 9.17) is 5.73 Å². The number of nitrogen functional groups attached to an aromatic ring is 1. The molecule has 1 fully saturated rings. The van der Waals surface area contributed by atoms with Gasteiger partial charge in [-0.05, 0) is 44.1 Å². The Kier molecular flexibility index (Phi) is 3.26. The third-order valence-electron chi connectivity index (χ3n) is 3.58. The maximum Gasteiger partial charge on any atom is 0.201 e. The smallest absolute Gasteiger partial charge is 0.201 e. The molecule has 4 nitrogen and oxygen atoms in total. The second kappa shape index (κ2) is 4.90. The first-order valence-electron chi connectivity index (χ1n) is 6.38. The van der Waals surface area contributed by atoms with Gasteiger partial charge in [-0.25, -0.2) is 4.98 Å². The Bertz CT molecular complexity index is 557. The molecule has 2 aromatic rings. The summed E-state index contributed by atoms with van der Waals surface area (Å²) in [6, 6.07) is 6.09. The van der Waals surface area contributed by atoms with Gasteiger partial charge in [-0.1, -0.05) is 15.9 Å². The lowest BCUT2D eigenvalue weighted by Crippen LogP contribution is -2.24. The second-order valence-corrected chi connectivity index (χ2v) is 5.72. The Balaban J connectivity index is 1.85. The maximum absolute atomic E-state index is 6.01. The van der Waals surface area contributed by atoms with Gasteiger partial charge in [0.25, 0.3) is 0 Å². The van der Waals surface area contributed by atoms with Gasteiger partial charge in [-0.3, -0.25) is 0 Å². The zero-order chi connectivity index (χ0) is 12.5. The van der Waals surface area contributed by atoms with Crippen molar-refractivity contribution >= 4 is 32.9 Å². The standard InChI is InChI=1S/C13H17BrN4/c14-10-3-4-11-12(9-10)18(13(15)16-11)8-7-17-5-1-2-6-17/h3-4,9H,1-2,5-8H2,(H2,15,16). The largest absolute Gasteiger partial charge is 0.369 e. The molecule has 0 amide bonds. The number of nitrogens with zero attached hydrogens (tertiary/aromatic N) is 3. The molecule has 0 spiro atoms. The molecule has 2 heterocycles. The molecule has 0 radical (unpaired) electrons. The highest BCUT2D eigenvalue weighted by Crippen LogP contribution is 2.22. The molecule has 0 bridgehead atoms. The molecule has 2 N–H and O–H groups in total. The third kappa shape index (κ3) is 2.24. The lowest BCUT2D eigenvalue weighted by molar-refractivity contribution is 0.325. The maximum atomic E-state index is 6.01. The number of hydrogen-bond donors (Lipinski definition) is 1. The first kappa shape index (κ1) is 12.0. The van der Waals surface area contributed by atoms with Crippen molar-refractivity contribution in [1.29, 1.82) is 0 Å². The first-order chi connectivity index (χ1) is 8.74. The normalized spacial score (nSPS) is 16.7. The van der Waals surface area contributed by atoms with Gasteiger partial charge >= 0.3 is 0 Å². The van der Waals surface area contributed by atoms with Crippen LogP contribution in [0, 0.1) is 0 Å². The summed E-state index contributed by atoms with van der Waals surface area (Å²) in [6.45, 7) is 4.41. The highest BCUT2D eigenvalue weighted by atomic mass is 79.9. The lowest BCUT2D eigenvalue weighted by Gasteiger charge is -2.15. The van der Waals surface area contributed by atoms with Crippen molar-refractivity contribution in [3.05, 3.63) is 22.7 Å². The van der Waals surface area contributed by atoms with Gasteiger partial charge in [-0.2, -0.15) is 0 Å². The van der Waals surface area contributed by atoms with Crippen molar-refractivity contribution in [2.75, 3.05) is 25.4 Å². The Morgan fingerprint density at radius 3 is 2.78 bits per heavy atom. The first-order valence-corrected chi connectivity index (χ1v) is 7.17. The number of nitrogens with two attached hydrogens (primary N) is 1. The van der Waals surface area contributed by atoms with Crippen LogP contribution in [-0.2, 0) is 6.54 Å². The highest BCUT2D eigenvalue weighted by Gasteiger charge is 2.13. The van der Waals surface area contributed by atoms with Gasteiger partial charge in [0.2, 0.25) is 5.95 Å². The van der Waals surface area contributed by atoms with Crippen LogP contribution in [0.3, 0.4) is 0 Å². The number of halogens is 1. The SMILES string of the molecule is Nc1nc2ccc(Br)cc2n1CCN1CCCC1. The predicted molar refractivity (Wildman–Crippen MR) is 77.5 cm³/mol. The van der Waals surface area contributed by atoms with Crippen LogP contribution in [0.15, 0.2) is 22.7 Å². The number of hydrogen-bond acceptors (Lipinski definition) is 3. The minimum Gasteiger partial charge on any atom is -0.369 e. The van der Waals surface area contributed by atoms with Crippen LogP contribution in [0.25, 0.3) is 11.0 Å². The molecule has 3 rings (SSSR count). The molecule has 1 aliphatic rings. The van der Waals surface area contributed by atoms with Crippen LogP contribution < -0.4 is 5.73 Å².